The lowest BCUT2D eigenvalue weighted by molar-refractivity contribution is -0.126. The summed E-state index contributed by atoms with van der Waals surface area (Å²) in [5.41, 5.74) is 1.23. The SMILES string of the molecule is O=C1CC(C(=O)NCCc2cccc3ccccc23)CN1. The topological polar surface area (TPSA) is 58.2 Å². The Balaban J connectivity index is 1.59. The third-order valence-electron chi connectivity index (χ3n) is 3.92. The molecular formula is C17H18N2O2. The normalized spacial score (nSPS) is 17.7. The van der Waals surface area contributed by atoms with E-state index in [1.807, 2.05) is 18.2 Å². The van der Waals surface area contributed by atoms with Crippen LogP contribution in [0.1, 0.15) is 12.0 Å². The van der Waals surface area contributed by atoms with Crippen molar-refractivity contribution in [2.24, 2.45) is 5.92 Å². The highest BCUT2D eigenvalue weighted by Crippen LogP contribution is 2.18. The lowest BCUT2D eigenvalue weighted by atomic mass is 10.0. The summed E-state index contributed by atoms with van der Waals surface area (Å²) in [7, 11) is 0. The summed E-state index contributed by atoms with van der Waals surface area (Å²) in [6.07, 6.45) is 1.10. The van der Waals surface area contributed by atoms with Crippen LogP contribution < -0.4 is 10.6 Å². The van der Waals surface area contributed by atoms with Gasteiger partial charge in [0.15, 0.2) is 0 Å². The zero-order valence-corrected chi connectivity index (χ0v) is 11.8. The van der Waals surface area contributed by atoms with Gasteiger partial charge >= 0.3 is 0 Å². The van der Waals surface area contributed by atoms with Crippen molar-refractivity contribution in [1.29, 1.82) is 0 Å². The fraction of sp³-hybridized carbons (Fsp3) is 0.294. The van der Waals surface area contributed by atoms with E-state index in [2.05, 4.69) is 34.9 Å². The maximum atomic E-state index is 11.9. The van der Waals surface area contributed by atoms with Crippen molar-refractivity contribution < 1.29 is 9.59 Å². The van der Waals surface area contributed by atoms with Gasteiger partial charge in [0.2, 0.25) is 11.8 Å². The number of hydrogen-bond acceptors (Lipinski definition) is 2. The molecule has 4 heteroatoms. The van der Waals surface area contributed by atoms with Crippen LogP contribution >= 0.6 is 0 Å². The van der Waals surface area contributed by atoms with E-state index in [4.69, 9.17) is 0 Å². The second-order valence-corrected chi connectivity index (χ2v) is 5.38. The van der Waals surface area contributed by atoms with Crippen LogP contribution in [0.25, 0.3) is 10.8 Å². The lowest BCUT2D eigenvalue weighted by Gasteiger charge is -2.10. The smallest absolute Gasteiger partial charge is 0.225 e. The predicted molar refractivity (Wildman–Crippen MR) is 81.8 cm³/mol. The molecule has 2 aromatic rings. The molecule has 2 amide bonds. The first-order valence-corrected chi connectivity index (χ1v) is 7.25. The number of benzene rings is 2. The Labute approximate surface area is 123 Å². The Kier molecular flexibility index (Phi) is 3.86. The van der Waals surface area contributed by atoms with E-state index in [1.165, 1.54) is 16.3 Å². The predicted octanol–water partition coefficient (Wildman–Crippen LogP) is 1.63. The van der Waals surface area contributed by atoms with Crippen molar-refractivity contribution in [3.8, 4) is 0 Å². The molecule has 2 aromatic carbocycles. The van der Waals surface area contributed by atoms with Crippen LogP contribution in [0.4, 0.5) is 0 Å². The van der Waals surface area contributed by atoms with Crippen molar-refractivity contribution in [1.82, 2.24) is 10.6 Å². The van der Waals surface area contributed by atoms with Crippen molar-refractivity contribution >= 4 is 22.6 Å². The van der Waals surface area contributed by atoms with Crippen LogP contribution in [0.3, 0.4) is 0 Å². The number of hydrogen-bond donors (Lipinski definition) is 2. The van der Waals surface area contributed by atoms with Crippen molar-refractivity contribution in [2.75, 3.05) is 13.1 Å². The molecule has 0 radical (unpaired) electrons. The van der Waals surface area contributed by atoms with Crippen molar-refractivity contribution in [2.45, 2.75) is 12.8 Å². The molecule has 2 N–H and O–H groups in total. The van der Waals surface area contributed by atoms with Gasteiger partial charge in [-0.25, -0.2) is 0 Å². The molecular weight excluding hydrogens is 264 g/mol. The second-order valence-electron chi connectivity index (χ2n) is 5.38. The number of carbonyl (C=O) groups is 2. The number of carbonyl (C=O) groups excluding carboxylic acids is 2. The summed E-state index contributed by atoms with van der Waals surface area (Å²) in [5, 5.41) is 8.05. The number of rotatable bonds is 4. The summed E-state index contributed by atoms with van der Waals surface area (Å²) < 4.78 is 0. The fourth-order valence-electron chi connectivity index (χ4n) is 2.77. The van der Waals surface area contributed by atoms with Crippen LogP contribution in [0.5, 0.6) is 0 Å². The minimum Gasteiger partial charge on any atom is -0.355 e. The van der Waals surface area contributed by atoms with Gasteiger partial charge in [0.1, 0.15) is 0 Å². The highest BCUT2D eigenvalue weighted by atomic mass is 16.2. The molecule has 3 rings (SSSR count). The standard InChI is InChI=1S/C17H18N2O2/c20-16-10-14(11-19-16)17(21)18-9-8-13-6-3-5-12-4-1-2-7-15(12)13/h1-7,14H,8-11H2,(H,18,21)(H,19,20). The third kappa shape index (κ3) is 3.05. The Morgan fingerprint density at radius 1 is 1.19 bits per heavy atom. The number of amides is 2. The summed E-state index contributed by atoms with van der Waals surface area (Å²) >= 11 is 0. The van der Waals surface area contributed by atoms with Crippen LogP contribution in [0, 0.1) is 5.92 Å². The summed E-state index contributed by atoms with van der Waals surface area (Å²) in [6, 6.07) is 14.5. The minimum absolute atomic E-state index is 0.0337. The van der Waals surface area contributed by atoms with Gasteiger partial charge in [-0.1, -0.05) is 42.5 Å². The zero-order valence-electron chi connectivity index (χ0n) is 11.8. The molecule has 1 aliphatic rings. The van der Waals surface area contributed by atoms with Crippen LogP contribution in [0.15, 0.2) is 42.5 Å². The maximum absolute atomic E-state index is 11.9. The molecule has 1 fully saturated rings. The van der Waals surface area contributed by atoms with Gasteiger partial charge in [0, 0.05) is 19.5 Å². The minimum atomic E-state index is -0.218. The van der Waals surface area contributed by atoms with Gasteiger partial charge in [0.25, 0.3) is 0 Å². The van der Waals surface area contributed by atoms with Gasteiger partial charge in [-0.15, -0.1) is 0 Å². The van der Waals surface area contributed by atoms with Gasteiger partial charge < -0.3 is 10.6 Å². The first-order chi connectivity index (χ1) is 10.2. The van der Waals surface area contributed by atoms with E-state index in [9.17, 15) is 9.59 Å². The molecule has 1 saturated heterocycles. The van der Waals surface area contributed by atoms with Gasteiger partial charge in [0.05, 0.1) is 5.92 Å². The number of nitrogens with one attached hydrogen (secondary N) is 2. The molecule has 1 heterocycles. The maximum Gasteiger partial charge on any atom is 0.225 e. The number of fused-ring (bicyclic) bond motifs is 1. The van der Waals surface area contributed by atoms with Crippen LogP contribution in [-0.4, -0.2) is 24.9 Å². The Hall–Kier alpha value is -2.36. The zero-order chi connectivity index (χ0) is 14.7. The second kappa shape index (κ2) is 5.95. The highest BCUT2D eigenvalue weighted by Gasteiger charge is 2.27. The molecule has 108 valence electrons. The van der Waals surface area contributed by atoms with Gasteiger partial charge in [-0.2, -0.15) is 0 Å². The monoisotopic (exact) mass is 282 g/mol. The van der Waals surface area contributed by atoms with E-state index < -0.39 is 0 Å². The molecule has 1 aliphatic heterocycles. The molecule has 0 aromatic heterocycles. The summed E-state index contributed by atoms with van der Waals surface area (Å²) in [4.78, 5) is 23.0. The Bertz CT molecular complexity index is 676. The molecule has 1 unspecified atom stereocenters. The van der Waals surface area contributed by atoms with Gasteiger partial charge in [-0.05, 0) is 22.8 Å². The van der Waals surface area contributed by atoms with Gasteiger partial charge in [-0.3, -0.25) is 9.59 Å². The largest absolute Gasteiger partial charge is 0.355 e. The molecule has 1 atom stereocenters. The quantitative estimate of drug-likeness (QED) is 0.895. The summed E-state index contributed by atoms with van der Waals surface area (Å²) in [5.74, 6) is -0.289. The average molecular weight is 282 g/mol. The molecule has 0 spiro atoms. The van der Waals surface area contributed by atoms with E-state index in [1.54, 1.807) is 0 Å². The lowest BCUT2D eigenvalue weighted by Crippen LogP contribution is -2.33. The first kappa shape index (κ1) is 13.6. The molecule has 0 aliphatic carbocycles. The highest BCUT2D eigenvalue weighted by molar-refractivity contribution is 5.89. The average Bonchev–Trinajstić information content (AvgIpc) is 2.94. The van der Waals surface area contributed by atoms with E-state index in [-0.39, 0.29) is 17.7 Å². The molecule has 4 nitrogen and oxygen atoms in total. The van der Waals surface area contributed by atoms with Crippen molar-refractivity contribution in [3.05, 3.63) is 48.0 Å². The van der Waals surface area contributed by atoms with Crippen LogP contribution in [-0.2, 0) is 16.0 Å². The summed E-state index contributed by atoms with van der Waals surface area (Å²) in [6.45, 7) is 1.05. The Morgan fingerprint density at radius 2 is 2.00 bits per heavy atom. The molecule has 0 bridgehead atoms. The van der Waals surface area contributed by atoms with E-state index in [0.29, 0.717) is 19.5 Å². The molecule has 21 heavy (non-hydrogen) atoms. The van der Waals surface area contributed by atoms with E-state index >= 15 is 0 Å². The van der Waals surface area contributed by atoms with E-state index in [0.717, 1.165) is 6.42 Å². The first-order valence-electron chi connectivity index (χ1n) is 7.25. The van der Waals surface area contributed by atoms with Crippen molar-refractivity contribution in [3.63, 3.8) is 0 Å². The Morgan fingerprint density at radius 3 is 2.81 bits per heavy atom. The third-order valence-corrected chi connectivity index (χ3v) is 3.92. The fourth-order valence-corrected chi connectivity index (χ4v) is 2.77. The van der Waals surface area contributed by atoms with Crippen LogP contribution in [0.2, 0.25) is 0 Å². The molecule has 0 saturated carbocycles.